The van der Waals surface area contributed by atoms with Gasteiger partial charge in [0, 0.05) is 24.2 Å². The molecule has 2 unspecified atom stereocenters. The lowest BCUT2D eigenvalue weighted by Crippen LogP contribution is -2.46. The third-order valence-corrected chi connectivity index (χ3v) is 8.35. The van der Waals surface area contributed by atoms with E-state index in [1.165, 1.54) is 46.4 Å². The molecule has 0 bridgehead atoms. The highest BCUT2D eigenvalue weighted by molar-refractivity contribution is 6.32. The third kappa shape index (κ3) is 7.60. The van der Waals surface area contributed by atoms with Gasteiger partial charge in [0.25, 0.3) is 0 Å². The highest BCUT2D eigenvalue weighted by Crippen LogP contribution is 2.31. The number of ether oxygens (including phenoxy) is 2. The minimum atomic E-state index is -1.63. The van der Waals surface area contributed by atoms with E-state index in [-0.39, 0.29) is 34.3 Å². The number of nitriles is 2. The molecule has 1 N–H and O–H groups in total. The van der Waals surface area contributed by atoms with Crippen LogP contribution < -0.4 is 0 Å². The van der Waals surface area contributed by atoms with E-state index in [1.807, 2.05) is 19.1 Å². The summed E-state index contributed by atoms with van der Waals surface area (Å²) in [5, 5.41) is 27.5. The van der Waals surface area contributed by atoms with Gasteiger partial charge in [-0.3, -0.25) is 13.9 Å². The minimum absolute atomic E-state index is 0.0274. The van der Waals surface area contributed by atoms with E-state index in [0.29, 0.717) is 40.2 Å². The molecule has 50 heavy (non-hydrogen) atoms. The number of fused-ring (bicyclic) bond motifs is 2. The molecule has 0 saturated heterocycles. The Morgan fingerprint density at radius 2 is 1.32 bits per heavy atom. The van der Waals surface area contributed by atoms with Crippen molar-refractivity contribution in [2.24, 2.45) is 0 Å². The summed E-state index contributed by atoms with van der Waals surface area (Å²) in [4.78, 5) is 55.1. The smallest absolute Gasteiger partial charge is 0.358 e. The number of rotatable bonds is 4. The fourth-order valence-electron chi connectivity index (χ4n) is 4.76. The van der Waals surface area contributed by atoms with E-state index in [9.17, 15) is 24.3 Å². The molecule has 0 aliphatic carbocycles. The molecule has 4 aromatic rings. The van der Waals surface area contributed by atoms with Crippen LogP contribution in [0.2, 0.25) is 10.0 Å². The lowest BCUT2D eigenvalue weighted by molar-refractivity contribution is -0.158. The Kier molecular flexibility index (Phi) is 11.0. The molecule has 2 aromatic carbocycles. The molecule has 6 rings (SSSR count). The number of imidazole rings is 2. The monoisotopic (exact) mass is 716 g/mol. The van der Waals surface area contributed by atoms with Crippen LogP contribution in [-0.2, 0) is 31.9 Å². The summed E-state index contributed by atoms with van der Waals surface area (Å²) in [7, 11) is 0. The number of carboxylic acids is 1. The molecule has 0 spiro atoms. The van der Waals surface area contributed by atoms with Crippen molar-refractivity contribution in [3.8, 4) is 23.5 Å². The summed E-state index contributed by atoms with van der Waals surface area (Å²) in [6, 6.07) is 13.4. The number of halogens is 2. The van der Waals surface area contributed by atoms with Crippen LogP contribution in [0.15, 0.2) is 60.7 Å². The van der Waals surface area contributed by atoms with Crippen LogP contribution in [0, 0.1) is 22.7 Å². The third-order valence-electron chi connectivity index (χ3n) is 7.72. The normalized spacial score (nSPS) is 18.5. The van der Waals surface area contributed by atoms with Gasteiger partial charge in [0.1, 0.15) is 24.8 Å². The second-order valence-corrected chi connectivity index (χ2v) is 12.7. The van der Waals surface area contributed by atoms with Gasteiger partial charge in [0.15, 0.2) is 23.3 Å². The highest BCUT2D eigenvalue weighted by Gasteiger charge is 2.45. The maximum Gasteiger partial charge on any atom is 0.358 e. The quantitative estimate of drug-likeness (QED) is 0.148. The van der Waals surface area contributed by atoms with Crippen LogP contribution in [0.1, 0.15) is 78.1 Å². The number of cyclic esters (lactones) is 2. The number of carbonyl (C=O) groups is 4. The van der Waals surface area contributed by atoms with Gasteiger partial charge in [-0.15, -0.1) is 0 Å². The number of carbonyl (C=O) groups excluding carboxylic acids is 3. The number of hydrogen-bond acceptors (Lipinski definition) is 10. The number of aldehydes is 1. The Balaban J connectivity index is 0.000000198. The summed E-state index contributed by atoms with van der Waals surface area (Å²) >= 11 is 12.0. The van der Waals surface area contributed by atoms with Gasteiger partial charge in [0.2, 0.25) is 5.60 Å². The van der Waals surface area contributed by atoms with Crippen LogP contribution in [-0.4, -0.2) is 59.6 Å². The zero-order chi connectivity index (χ0) is 37.0. The summed E-state index contributed by atoms with van der Waals surface area (Å²) in [6.45, 7) is 9.07. The van der Waals surface area contributed by atoms with E-state index in [0.717, 1.165) is 0 Å². The first-order chi connectivity index (χ1) is 23.6. The Bertz CT molecular complexity index is 2140. The van der Waals surface area contributed by atoms with Gasteiger partial charge in [-0.2, -0.15) is 10.5 Å². The Labute approximate surface area is 296 Å². The zero-order valence-electron chi connectivity index (χ0n) is 27.5. The maximum atomic E-state index is 12.2. The van der Waals surface area contributed by atoms with Crippen molar-refractivity contribution >= 4 is 47.4 Å². The molecular formula is C35H30Cl2N6O7. The summed E-state index contributed by atoms with van der Waals surface area (Å²) < 4.78 is 13.3. The van der Waals surface area contributed by atoms with Crippen molar-refractivity contribution in [3.63, 3.8) is 0 Å². The number of nitrogens with zero attached hydrogens (tertiary/aromatic N) is 6. The Hall–Kier alpha value is -5.76. The van der Waals surface area contributed by atoms with E-state index < -0.39 is 29.1 Å². The fourth-order valence-corrected chi connectivity index (χ4v) is 5.20. The molecule has 2 aromatic heterocycles. The van der Waals surface area contributed by atoms with Gasteiger partial charge >= 0.3 is 17.9 Å². The predicted molar refractivity (Wildman–Crippen MR) is 180 cm³/mol. The van der Waals surface area contributed by atoms with Crippen molar-refractivity contribution in [3.05, 3.63) is 105 Å². The van der Waals surface area contributed by atoms with Crippen molar-refractivity contribution in [1.29, 1.82) is 10.5 Å². The largest absolute Gasteiger partial charge is 0.478 e. The first-order valence-corrected chi connectivity index (χ1v) is 15.6. The van der Waals surface area contributed by atoms with Crippen molar-refractivity contribution in [1.82, 2.24) is 19.1 Å². The molecular weight excluding hydrogens is 687 g/mol. The minimum Gasteiger partial charge on any atom is -0.478 e. The van der Waals surface area contributed by atoms with Gasteiger partial charge in [-0.25, -0.2) is 24.4 Å². The SMILES string of the molecule is CC1(C(=O)O)Cc2ncn(-c3ccc(C#N)c(Cl)c3)c2C(=O)O1.CC1(C=O)Cc2ncn(-c3ccc(C#N)c(Cl)c3)c2C(=O)O1.CC=C(C)C. The van der Waals surface area contributed by atoms with Gasteiger partial charge < -0.3 is 14.6 Å². The Morgan fingerprint density at radius 1 is 0.880 bits per heavy atom. The summed E-state index contributed by atoms with van der Waals surface area (Å²) in [5.74, 6) is -2.62. The Morgan fingerprint density at radius 3 is 1.70 bits per heavy atom. The first-order valence-electron chi connectivity index (χ1n) is 14.9. The molecule has 13 nitrogen and oxygen atoms in total. The topological polar surface area (TPSA) is 190 Å². The molecule has 2 atom stereocenters. The second-order valence-electron chi connectivity index (χ2n) is 11.8. The van der Waals surface area contributed by atoms with Crippen LogP contribution >= 0.6 is 23.2 Å². The number of esters is 2. The van der Waals surface area contributed by atoms with Crippen LogP contribution in [0.5, 0.6) is 0 Å². The number of hydrogen-bond donors (Lipinski definition) is 1. The maximum absolute atomic E-state index is 12.2. The van der Waals surface area contributed by atoms with Crippen LogP contribution in [0.3, 0.4) is 0 Å². The van der Waals surface area contributed by atoms with Crippen molar-refractivity contribution in [2.75, 3.05) is 0 Å². The number of allylic oxidation sites excluding steroid dienone is 2. The standard InChI is InChI=1S/C15H10ClN3O4.C15H10ClN3O3.C5H10/c1-15(14(21)22)5-11-12(13(20)23-15)19(7-18-11)9-3-2-8(6-17)10(16)4-9;1-15(7-20)5-12-13(14(21)22-15)19(8-18-12)10-3-2-9(6-17)11(16)4-10;1-4-5(2)3/h2-4,7H,5H2,1H3,(H,21,22);2-4,7-8H,5H2,1H3;4H,1-3H3. The average molecular weight is 718 g/mol. The average Bonchev–Trinajstić information content (AvgIpc) is 3.70. The number of carboxylic acid groups (broad SMARTS) is 1. The summed E-state index contributed by atoms with van der Waals surface area (Å²) in [5.41, 5.74) is 1.58. The number of benzene rings is 2. The van der Waals surface area contributed by atoms with Gasteiger partial charge in [-0.1, -0.05) is 34.9 Å². The second kappa shape index (κ2) is 14.8. The van der Waals surface area contributed by atoms with E-state index in [1.54, 1.807) is 31.2 Å². The molecule has 0 fully saturated rings. The molecule has 0 saturated carbocycles. The van der Waals surface area contributed by atoms with E-state index >= 15 is 0 Å². The highest BCUT2D eigenvalue weighted by atomic mass is 35.5. The zero-order valence-corrected chi connectivity index (χ0v) is 29.0. The molecule has 0 radical (unpaired) electrons. The van der Waals surface area contributed by atoms with Crippen LogP contribution in [0.4, 0.5) is 0 Å². The lowest BCUT2D eigenvalue weighted by Gasteiger charge is -2.28. The molecule has 15 heteroatoms. The van der Waals surface area contributed by atoms with Crippen molar-refractivity contribution in [2.45, 2.75) is 58.7 Å². The molecule has 2 aliphatic rings. The van der Waals surface area contributed by atoms with Crippen molar-refractivity contribution < 1.29 is 33.8 Å². The van der Waals surface area contributed by atoms with Gasteiger partial charge in [0.05, 0.1) is 32.6 Å². The number of aromatic nitrogens is 4. The van der Waals surface area contributed by atoms with E-state index in [4.69, 9.17) is 43.2 Å². The fraction of sp³-hybridized carbons (Fsp3) is 0.257. The van der Waals surface area contributed by atoms with E-state index in [2.05, 4.69) is 29.9 Å². The molecule has 2 aliphatic heterocycles. The lowest BCUT2D eigenvalue weighted by atomic mass is 9.96. The first kappa shape index (κ1) is 37.1. The van der Waals surface area contributed by atoms with Gasteiger partial charge in [-0.05, 0) is 71.0 Å². The predicted octanol–water partition coefficient (Wildman–Crippen LogP) is 5.99. The molecule has 4 heterocycles. The number of aliphatic carboxylic acids is 1. The molecule has 0 amide bonds. The molecule has 256 valence electrons. The van der Waals surface area contributed by atoms with Crippen LogP contribution in [0.25, 0.3) is 11.4 Å². The summed E-state index contributed by atoms with van der Waals surface area (Å²) in [6.07, 6.45) is 5.75.